The Hall–Kier alpha value is -3.12. The molecule has 0 spiro atoms. The number of nitrogens with one attached hydrogen (secondary N) is 2. The summed E-state index contributed by atoms with van der Waals surface area (Å²) in [5, 5.41) is 6.62. The number of ether oxygens (including phenoxy) is 1. The van der Waals surface area contributed by atoms with Crippen molar-refractivity contribution in [3.05, 3.63) is 71.8 Å². The fourth-order valence-corrected chi connectivity index (χ4v) is 1.97. The van der Waals surface area contributed by atoms with Crippen molar-refractivity contribution >= 4 is 35.3 Å². The third-order valence-electron chi connectivity index (χ3n) is 2.92. The quantitative estimate of drug-likeness (QED) is 0.361. The second-order valence-corrected chi connectivity index (χ2v) is 5.27. The van der Waals surface area contributed by atoms with Gasteiger partial charge < -0.3 is 10.1 Å². The molecule has 7 heteroatoms. The summed E-state index contributed by atoms with van der Waals surface area (Å²) >= 11 is 5.81. The second-order valence-electron chi connectivity index (χ2n) is 4.83. The molecular weight excluding hydrogens is 342 g/mol. The summed E-state index contributed by atoms with van der Waals surface area (Å²) in [7, 11) is 0. The van der Waals surface area contributed by atoms with Crippen LogP contribution >= 0.6 is 11.6 Å². The molecule has 0 saturated heterocycles. The maximum absolute atomic E-state index is 11.7. The largest absolute Gasteiger partial charge is 0.490 e. The van der Waals surface area contributed by atoms with Gasteiger partial charge in [0.2, 0.25) is 0 Å². The van der Waals surface area contributed by atoms with E-state index < -0.39 is 11.8 Å². The number of anilines is 1. The molecule has 128 valence electrons. The zero-order chi connectivity index (χ0) is 18.1. The van der Waals surface area contributed by atoms with Crippen LogP contribution < -0.4 is 15.5 Å². The first-order valence-electron chi connectivity index (χ1n) is 7.32. The van der Waals surface area contributed by atoms with Crippen LogP contribution in [0.3, 0.4) is 0 Å². The van der Waals surface area contributed by atoms with Gasteiger partial charge in [0.05, 0.1) is 6.21 Å². The van der Waals surface area contributed by atoms with E-state index in [-0.39, 0.29) is 0 Å². The SMILES string of the molecule is C=CCOc1ccc(/C=N/NC(=O)C(=O)Nc2cccc(Cl)c2)cc1. The highest BCUT2D eigenvalue weighted by atomic mass is 35.5. The first-order valence-corrected chi connectivity index (χ1v) is 7.70. The number of hydrogen-bond acceptors (Lipinski definition) is 4. The topological polar surface area (TPSA) is 79.8 Å². The summed E-state index contributed by atoms with van der Waals surface area (Å²) < 4.78 is 5.35. The lowest BCUT2D eigenvalue weighted by atomic mass is 10.2. The zero-order valence-electron chi connectivity index (χ0n) is 13.2. The van der Waals surface area contributed by atoms with Crippen LogP contribution in [0.15, 0.2) is 66.3 Å². The molecule has 0 radical (unpaired) electrons. The number of benzene rings is 2. The standard InChI is InChI=1S/C18H16ClN3O3/c1-2-10-25-16-8-6-13(7-9-16)12-20-22-18(24)17(23)21-15-5-3-4-14(19)11-15/h2-9,11-12H,1,10H2,(H,21,23)(H,22,24)/b20-12+. The molecule has 0 bridgehead atoms. The van der Waals surface area contributed by atoms with Gasteiger partial charge in [0.1, 0.15) is 12.4 Å². The molecule has 0 unspecified atom stereocenters. The van der Waals surface area contributed by atoms with E-state index in [4.69, 9.17) is 16.3 Å². The van der Waals surface area contributed by atoms with Crippen molar-refractivity contribution in [3.8, 4) is 5.75 Å². The normalized spacial score (nSPS) is 10.3. The van der Waals surface area contributed by atoms with Gasteiger partial charge in [-0.3, -0.25) is 9.59 Å². The Morgan fingerprint density at radius 3 is 2.60 bits per heavy atom. The number of nitrogens with zero attached hydrogens (tertiary/aromatic N) is 1. The number of halogens is 1. The van der Waals surface area contributed by atoms with E-state index in [1.807, 2.05) is 0 Å². The Bertz CT molecular complexity index is 788. The van der Waals surface area contributed by atoms with E-state index in [1.165, 1.54) is 12.3 Å². The average molecular weight is 358 g/mol. The highest BCUT2D eigenvalue weighted by Crippen LogP contribution is 2.14. The third-order valence-corrected chi connectivity index (χ3v) is 3.15. The van der Waals surface area contributed by atoms with Crippen molar-refractivity contribution in [2.75, 3.05) is 11.9 Å². The highest BCUT2D eigenvalue weighted by Gasteiger charge is 2.12. The molecule has 0 aliphatic heterocycles. The molecule has 0 saturated carbocycles. The Kier molecular flexibility index (Phi) is 6.74. The van der Waals surface area contributed by atoms with Crippen molar-refractivity contribution in [1.82, 2.24) is 5.43 Å². The fraction of sp³-hybridized carbons (Fsp3) is 0.0556. The van der Waals surface area contributed by atoms with E-state index in [0.29, 0.717) is 23.1 Å². The Labute approximate surface area is 150 Å². The van der Waals surface area contributed by atoms with Crippen molar-refractivity contribution in [2.45, 2.75) is 0 Å². The first-order chi connectivity index (χ1) is 12.1. The second kappa shape index (κ2) is 9.24. The molecule has 0 heterocycles. The molecule has 2 aromatic rings. The summed E-state index contributed by atoms with van der Waals surface area (Å²) in [4.78, 5) is 23.4. The maximum Gasteiger partial charge on any atom is 0.329 e. The number of amides is 2. The van der Waals surface area contributed by atoms with Gasteiger partial charge in [-0.25, -0.2) is 5.43 Å². The van der Waals surface area contributed by atoms with Crippen LogP contribution in [0.4, 0.5) is 5.69 Å². The van der Waals surface area contributed by atoms with Gasteiger partial charge in [0.15, 0.2) is 0 Å². The maximum atomic E-state index is 11.7. The van der Waals surface area contributed by atoms with Gasteiger partial charge in [0.25, 0.3) is 0 Å². The van der Waals surface area contributed by atoms with Crippen LogP contribution in [0, 0.1) is 0 Å². The van der Waals surface area contributed by atoms with E-state index in [1.54, 1.807) is 48.5 Å². The number of carbonyl (C=O) groups is 2. The van der Waals surface area contributed by atoms with Crippen LogP contribution in [0.25, 0.3) is 0 Å². The summed E-state index contributed by atoms with van der Waals surface area (Å²) in [6, 6.07) is 13.5. The minimum atomic E-state index is -0.887. The fourth-order valence-electron chi connectivity index (χ4n) is 1.78. The van der Waals surface area contributed by atoms with Crippen LogP contribution in [0.5, 0.6) is 5.75 Å². The molecule has 2 rings (SSSR count). The summed E-state index contributed by atoms with van der Waals surface area (Å²) in [6.45, 7) is 3.99. The van der Waals surface area contributed by atoms with Crippen molar-refractivity contribution < 1.29 is 14.3 Å². The van der Waals surface area contributed by atoms with Crippen molar-refractivity contribution in [3.63, 3.8) is 0 Å². The predicted octanol–water partition coefficient (Wildman–Crippen LogP) is 2.99. The van der Waals surface area contributed by atoms with Gasteiger partial charge >= 0.3 is 11.8 Å². The number of rotatable bonds is 6. The summed E-state index contributed by atoms with van der Waals surface area (Å²) in [5.74, 6) is -1.03. The van der Waals surface area contributed by atoms with Gasteiger partial charge in [-0.05, 0) is 48.0 Å². The molecule has 0 aliphatic carbocycles. The minimum absolute atomic E-state index is 0.422. The van der Waals surface area contributed by atoms with Crippen molar-refractivity contribution in [1.29, 1.82) is 0 Å². The van der Waals surface area contributed by atoms with E-state index in [0.717, 1.165) is 5.56 Å². The Morgan fingerprint density at radius 1 is 1.16 bits per heavy atom. The molecular formula is C18H16ClN3O3. The number of hydrogen-bond donors (Lipinski definition) is 2. The first kappa shape index (κ1) is 18.2. The molecule has 25 heavy (non-hydrogen) atoms. The lowest BCUT2D eigenvalue weighted by molar-refractivity contribution is -0.136. The third kappa shape index (κ3) is 6.12. The van der Waals surface area contributed by atoms with Gasteiger partial charge in [0, 0.05) is 10.7 Å². The summed E-state index contributed by atoms with van der Waals surface area (Å²) in [5.41, 5.74) is 3.32. The van der Waals surface area contributed by atoms with E-state index in [2.05, 4.69) is 22.4 Å². The van der Waals surface area contributed by atoms with Crippen molar-refractivity contribution in [2.24, 2.45) is 5.10 Å². The predicted molar refractivity (Wildman–Crippen MR) is 98.0 cm³/mol. The minimum Gasteiger partial charge on any atom is -0.490 e. The lowest BCUT2D eigenvalue weighted by Crippen LogP contribution is -2.32. The Balaban J connectivity index is 1.85. The van der Waals surface area contributed by atoms with E-state index in [9.17, 15) is 9.59 Å². The number of hydrazone groups is 1. The van der Waals surface area contributed by atoms with Crippen LogP contribution in [-0.4, -0.2) is 24.6 Å². The highest BCUT2D eigenvalue weighted by molar-refractivity contribution is 6.39. The van der Waals surface area contributed by atoms with E-state index >= 15 is 0 Å². The molecule has 2 N–H and O–H groups in total. The number of carbonyl (C=O) groups excluding carboxylic acids is 2. The molecule has 0 aromatic heterocycles. The lowest BCUT2D eigenvalue weighted by Gasteiger charge is -2.04. The van der Waals surface area contributed by atoms with Gasteiger partial charge in [-0.2, -0.15) is 5.10 Å². The van der Waals surface area contributed by atoms with Crippen LogP contribution in [-0.2, 0) is 9.59 Å². The molecule has 0 aliphatic rings. The smallest absolute Gasteiger partial charge is 0.329 e. The average Bonchev–Trinajstić information content (AvgIpc) is 2.61. The molecule has 2 aromatic carbocycles. The van der Waals surface area contributed by atoms with Crippen LogP contribution in [0.2, 0.25) is 5.02 Å². The molecule has 0 atom stereocenters. The van der Waals surface area contributed by atoms with Crippen LogP contribution in [0.1, 0.15) is 5.56 Å². The Morgan fingerprint density at radius 2 is 1.92 bits per heavy atom. The molecule has 6 nitrogen and oxygen atoms in total. The van der Waals surface area contributed by atoms with Gasteiger partial charge in [-0.15, -0.1) is 0 Å². The molecule has 2 amide bonds. The molecule has 0 fully saturated rings. The monoisotopic (exact) mass is 357 g/mol. The zero-order valence-corrected chi connectivity index (χ0v) is 14.0. The van der Waals surface area contributed by atoms with Gasteiger partial charge in [-0.1, -0.05) is 30.3 Å². The summed E-state index contributed by atoms with van der Waals surface area (Å²) in [6.07, 6.45) is 3.07.